The molecule has 9 heteroatoms. The first-order valence-electron chi connectivity index (χ1n) is 3.91. The van der Waals surface area contributed by atoms with Crippen LogP contribution in [0, 0.1) is 0 Å². The van der Waals surface area contributed by atoms with Crippen molar-refractivity contribution in [2.75, 3.05) is 12.5 Å². The maximum atomic E-state index is 10.6. The molecule has 0 amide bonds. The van der Waals surface area contributed by atoms with E-state index in [2.05, 4.69) is 8.37 Å². The zero-order chi connectivity index (χ0) is 12.3. The van der Waals surface area contributed by atoms with E-state index in [1.807, 2.05) is 0 Å². The second-order valence-corrected chi connectivity index (χ2v) is 6.07. The van der Waals surface area contributed by atoms with E-state index in [9.17, 15) is 16.8 Å². The van der Waals surface area contributed by atoms with Crippen LogP contribution in [0.3, 0.4) is 0 Å². The maximum absolute atomic E-state index is 10.6. The van der Waals surface area contributed by atoms with Gasteiger partial charge in [-0.1, -0.05) is 0 Å². The first-order valence-corrected chi connectivity index (χ1v) is 7.55. The molecule has 0 aromatic carbocycles. The van der Waals surface area contributed by atoms with Crippen LogP contribution in [0.25, 0.3) is 0 Å². The van der Waals surface area contributed by atoms with Gasteiger partial charge in [0, 0.05) is 0 Å². The summed E-state index contributed by atoms with van der Waals surface area (Å²) in [7, 11) is -7.29. The third-order valence-corrected chi connectivity index (χ3v) is 2.25. The summed E-state index contributed by atoms with van der Waals surface area (Å²) in [4.78, 5) is 0. The largest absolute Gasteiger partial charge is 0.322 e. The Labute approximate surface area is 89.6 Å². The SMILES string of the molecule is CC(OC(C)OS(C)(=O)=O)OS(C)(=O)=O. The molecule has 0 aliphatic heterocycles. The van der Waals surface area contributed by atoms with Crippen LogP contribution in [0.4, 0.5) is 0 Å². The van der Waals surface area contributed by atoms with Crippen molar-refractivity contribution in [3.05, 3.63) is 0 Å². The predicted octanol–water partition coefficient (Wildman–Crippen LogP) is -0.353. The van der Waals surface area contributed by atoms with Crippen molar-refractivity contribution in [2.24, 2.45) is 0 Å². The summed E-state index contributed by atoms with van der Waals surface area (Å²) in [6.07, 6.45) is -0.516. The van der Waals surface area contributed by atoms with Crippen LogP contribution in [0.2, 0.25) is 0 Å². The molecule has 2 atom stereocenters. The summed E-state index contributed by atoms with van der Waals surface area (Å²) >= 11 is 0. The highest BCUT2D eigenvalue weighted by Crippen LogP contribution is 2.06. The van der Waals surface area contributed by atoms with E-state index in [1.54, 1.807) is 0 Å². The number of hydrogen-bond donors (Lipinski definition) is 0. The normalized spacial score (nSPS) is 17.3. The van der Waals surface area contributed by atoms with Gasteiger partial charge in [0.15, 0.2) is 12.6 Å². The quantitative estimate of drug-likeness (QED) is 0.476. The zero-order valence-electron chi connectivity index (χ0n) is 8.83. The Morgan fingerprint density at radius 2 is 1.07 bits per heavy atom. The molecule has 7 nitrogen and oxygen atoms in total. The third kappa shape index (κ3) is 10.1. The first-order chi connectivity index (χ1) is 6.49. The van der Waals surface area contributed by atoms with Crippen molar-refractivity contribution < 1.29 is 29.9 Å². The van der Waals surface area contributed by atoms with Gasteiger partial charge in [0.05, 0.1) is 12.5 Å². The molecule has 0 saturated heterocycles. The number of ether oxygens (including phenoxy) is 1. The Morgan fingerprint density at radius 3 is 1.27 bits per heavy atom. The van der Waals surface area contributed by atoms with Crippen LogP contribution in [0.1, 0.15) is 13.8 Å². The van der Waals surface area contributed by atoms with E-state index in [0.29, 0.717) is 0 Å². The van der Waals surface area contributed by atoms with Crippen LogP contribution < -0.4 is 0 Å². The zero-order valence-corrected chi connectivity index (χ0v) is 10.5. The van der Waals surface area contributed by atoms with Gasteiger partial charge >= 0.3 is 0 Å². The molecule has 2 unspecified atom stereocenters. The van der Waals surface area contributed by atoms with Gasteiger partial charge in [-0.25, -0.2) is 8.37 Å². The van der Waals surface area contributed by atoms with Gasteiger partial charge in [0.1, 0.15) is 0 Å². The van der Waals surface area contributed by atoms with Crippen LogP contribution >= 0.6 is 0 Å². The molecule has 15 heavy (non-hydrogen) atoms. The Morgan fingerprint density at radius 1 is 0.800 bits per heavy atom. The molecule has 0 fully saturated rings. The third-order valence-electron chi connectivity index (χ3n) is 1.00. The Kier molecular flexibility index (Phi) is 5.14. The van der Waals surface area contributed by atoms with Crippen molar-refractivity contribution >= 4 is 20.2 Å². The molecular weight excluding hydrogens is 248 g/mol. The van der Waals surface area contributed by atoms with Gasteiger partial charge < -0.3 is 4.74 Å². The fourth-order valence-electron chi connectivity index (χ4n) is 0.808. The van der Waals surface area contributed by atoms with E-state index in [-0.39, 0.29) is 0 Å². The minimum absolute atomic E-state index is 0.856. The molecule has 0 rings (SSSR count). The van der Waals surface area contributed by atoms with E-state index < -0.39 is 32.8 Å². The highest BCUT2D eigenvalue weighted by atomic mass is 32.2. The van der Waals surface area contributed by atoms with E-state index >= 15 is 0 Å². The highest BCUT2D eigenvalue weighted by molar-refractivity contribution is 7.86. The average molecular weight is 262 g/mol. The Hall–Kier alpha value is -0.220. The molecule has 0 heterocycles. The molecule has 0 radical (unpaired) electrons. The molecule has 0 spiro atoms. The first kappa shape index (κ1) is 14.8. The van der Waals surface area contributed by atoms with Gasteiger partial charge in [-0.3, -0.25) is 0 Å². The van der Waals surface area contributed by atoms with Crippen LogP contribution in [0.5, 0.6) is 0 Å². The van der Waals surface area contributed by atoms with Crippen molar-refractivity contribution in [2.45, 2.75) is 26.4 Å². The monoisotopic (exact) mass is 262 g/mol. The predicted molar refractivity (Wildman–Crippen MR) is 51.9 cm³/mol. The Bertz CT molecular complexity index is 344. The van der Waals surface area contributed by atoms with Gasteiger partial charge in [0.25, 0.3) is 20.2 Å². The molecule has 0 bridgehead atoms. The molecule has 0 aliphatic rings. The smallest absolute Gasteiger partial charge is 0.266 e. The lowest BCUT2D eigenvalue weighted by atomic mass is 10.7. The second-order valence-electron chi connectivity index (χ2n) is 2.87. The second kappa shape index (κ2) is 5.21. The van der Waals surface area contributed by atoms with Crippen molar-refractivity contribution in [1.82, 2.24) is 0 Å². The molecule has 0 N–H and O–H groups in total. The standard InChI is InChI=1S/C6H14O7S2/c1-5(12-14(3,7)8)11-6(2)13-15(4,9)10/h5-6H,1-4H3. The molecule has 0 aromatic rings. The van der Waals surface area contributed by atoms with Gasteiger partial charge in [0.2, 0.25) is 0 Å². The van der Waals surface area contributed by atoms with Crippen LogP contribution in [-0.2, 0) is 33.3 Å². The molecule has 0 saturated carbocycles. The van der Waals surface area contributed by atoms with Gasteiger partial charge in [-0.15, -0.1) is 0 Å². The minimum atomic E-state index is -3.64. The van der Waals surface area contributed by atoms with Gasteiger partial charge in [-0.2, -0.15) is 16.8 Å². The number of hydrogen-bond acceptors (Lipinski definition) is 7. The minimum Gasteiger partial charge on any atom is -0.322 e. The molecule has 92 valence electrons. The summed E-state index contributed by atoms with van der Waals surface area (Å²) in [6, 6.07) is 0. The Balaban J connectivity index is 4.14. The molecule has 0 aliphatic carbocycles. The van der Waals surface area contributed by atoms with Gasteiger partial charge in [-0.05, 0) is 13.8 Å². The van der Waals surface area contributed by atoms with Crippen molar-refractivity contribution in [1.29, 1.82) is 0 Å². The summed E-state index contributed by atoms with van der Waals surface area (Å²) < 4.78 is 56.2. The lowest BCUT2D eigenvalue weighted by Gasteiger charge is -2.17. The van der Waals surface area contributed by atoms with E-state index in [1.165, 1.54) is 13.8 Å². The lowest BCUT2D eigenvalue weighted by molar-refractivity contribution is -0.163. The summed E-state index contributed by atoms with van der Waals surface area (Å²) in [5.74, 6) is 0. The maximum Gasteiger partial charge on any atom is 0.266 e. The molecule has 0 aromatic heterocycles. The van der Waals surface area contributed by atoms with E-state index in [4.69, 9.17) is 4.74 Å². The van der Waals surface area contributed by atoms with Crippen molar-refractivity contribution in [3.63, 3.8) is 0 Å². The highest BCUT2D eigenvalue weighted by Gasteiger charge is 2.17. The fourth-order valence-corrected chi connectivity index (χ4v) is 1.88. The lowest BCUT2D eigenvalue weighted by Crippen LogP contribution is -2.26. The average Bonchev–Trinajstić information content (AvgIpc) is 1.73. The van der Waals surface area contributed by atoms with Crippen LogP contribution in [-0.4, -0.2) is 41.9 Å². The summed E-state index contributed by atoms with van der Waals surface area (Å²) in [6.45, 7) is 2.62. The van der Waals surface area contributed by atoms with Crippen LogP contribution in [0.15, 0.2) is 0 Å². The molecular formula is C6H14O7S2. The summed E-state index contributed by atoms with van der Waals surface area (Å²) in [5.41, 5.74) is 0. The van der Waals surface area contributed by atoms with Crippen molar-refractivity contribution in [3.8, 4) is 0 Å². The number of rotatable bonds is 6. The fraction of sp³-hybridized carbons (Fsp3) is 1.00. The summed E-state index contributed by atoms with van der Waals surface area (Å²) in [5, 5.41) is 0. The van der Waals surface area contributed by atoms with E-state index in [0.717, 1.165) is 12.5 Å². The topological polar surface area (TPSA) is 96.0 Å².